The quantitative estimate of drug-likeness (QED) is 0.799. The fraction of sp³-hybridized carbons (Fsp3) is 0.286. The van der Waals surface area contributed by atoms with Gasteiger partial charge in [-0.2, -0.15) is 8.42 Å². The van der Waals surface area contributed by atoms with Gasteiger partial charge in [-0.25, -0.2) is 8.42 Å². The summed E-state index contributed by atoms with van der Waals surface area (Å²) < 4.78 is 58.8. The standard InChI is InChI=1S/C14H15FO4S2/c1-11-5-3-4-6-13(11)20(16,17)14(2)9-7-12(8-10-14)21(15,18)19/h3-9H,10H2,1-2H3. The van der Waals surface area contributed by atoms with E-state index in [9.17, 15) is 20.7 Å². The average Bonchev–Trinajstić information content (AvgIpc) is 2.38. The Balaban J connectivity index is 2.47. The first-order valence-electron chi connectivity index (χ1n) is 6.22. The molecule has 0 bridgehead atoms. The third-order valence-corrected chi connectivity index (χ3v) is 7.02. The van der Waals surface area contributed by atoms with Gasteiger partial charge in [0.05, 0.1) is 14.5 Å². The van der Waals surface area contributed by atoms with E-state index in [0.717, 1.165) is 12.2 Å². The molecule has 1 aliphatic rings. The van der Waals surface area contributed by atoms with Crippen molar-refractivity contribution in [2.75, 3.05) is 0 Å². The van der Waals surface area contributed by atoms with E-state index in [1.54, 1.807) is 25.1 Å². The lowest BCUT2D eigenvalue weighted by molar-refractivity contribution is 0.553. The Morgan fingerprint density at radius 3 is 2.24 bits per heavy atom. The predicted molar refractivity (Wildman–Crippen MR) is 78.6 cm³/mol. The van der Waals surface area contributed by atoms with Crippen LogP contribution < -0.4 is 0 Å². The van der Waals surface area contributed by atoms with E-state index in [-0.39, 0.29) is 11.3 Å². The Bertz CT molecular complexity index is 835. The van der Waals surface area contributed by atoms with Gasteiger partial charge in [-0.3, -0.25) is 0 Å². The van der Waals surface area contributed by atoms with E-state index in [2.05, 4.69) is 0 Å². The van der Waals surface area contributed by atoms with Crippen molar-refractivity contribution < 1.29 is 20.7 Å². The van der Waals surface area contributed by atoms with E-state index >= 15 is 0 Å². The molecule has 0 N–H and O–H groups in total. The van der Waals surface area contributed by atoms with Crippen LogP contribution in [0.1, 0.15) is 18.9 Å². The fourth-order valence-electron chi connectivity index (χ4n) is 2.19. The molecule has 0 aliphatic heterocycles. The summed E-state index contributed by atoms with van der Waals surface area (Å²) in [6.07, 6.45) is 3.25. The van der Waals surface area contributed by atoms with Crippen molar-refractivity contribution in [3.63, 3.8) is 0 Å². The minimum atomic E-state index is -4.81. The average molecular weight is 330 g/mol. The lowest BCUT2D eigenvalue weighted by atomic mass is 10.0. The molecule has 114 valence electrons. The van der Waals surface area contributed by atoms with Gasteiger partial charge in [-0.1, -0.05) is 30.4 Å². The van der Waals surface area contributed by atoms with Gasteiger partial charge in [0.15, 0.2) is 9.84 Å². The molecule has 1 atom stereocenters. The van der Waals surface area contributed by atoms with Crippen molar-refractivity contribution in [1.29, 1.82) is 0 Å². The molecule has 1 unspecified atom stereocenters. The Labute approximate surface area is 124 Å². The van der Waals surface area contributed by atoms with Crippen LogP contribution in [0.2, 0.25) is 0 Å². The number of rotatable bonds is 3. The first kappa shape index (κ1) is 15.9. The number of allylic oxidation sites excluding steroid dienone is 2. The first-order chi connectivity index (χ1) is 9.58. The number of benzene rings is 1. The molecule has 0 saturated heterocycles. The molecular weight excluding hydrogens is 315 g/mol. The molecule has 0 fully saturated rings. The van der Waals surface area contributed by atoms with Crippen molar-refractivity contribution >= 4 is 20.1 Å². The number of hydrogen-bond acceptors (Lipinski definition) is 4. The number of halogens is 1. The summed E-state index contributed by atoms with van der Waals surface area (Å²) in [6.45, 7) is 3.18. The smallest absolute Gasteiger partial charge is 0.223 e. The largest absolute Gasteiger partial charge is 0.331 e. The summed E-state index contributed by atoms with van der Waals surface area (Å²) in [4.78, 5) is -0.308. The van der Waals surface area contributed by atoms with Crippen LogP contribution in [0.5, 0.6) is 0 Å². The van der Waals surface area contributed by atoms with Crippen LogP contribution in [-0.4, -0.2) is 21.6 Å². The van der Waals surface area contributed by atoms with Crippen LogP contribution in [0.3, 0.4) is 0 Å². The van der Waals surface area contributed by atoms with Gasteiger partial charge in [0.2, 0.25) is 0 Å². The third-order valence-electron chi connectivity index (χ3n) is 3.59. The molecule has 0 amide bonds. The minimum Gasteiger partial charge on any atom is -0.223 e. The number of hydrogen-bond donors (Lipinski definition) is 0. The Kier molecular flexibility index (Phi) is 3.84. The van der Waals surface area contributed by atoms with Crippen LogP contribution in [0, 0.1) is 6.92 Å². The maximum absolute atomic E-state index is 12.9. The highest BCUT2D eigenvalue weighted by Gasteiger charge is 2.40. The second kappa shape index (κ2) is 5.06. The molecular formula is C14H15FO4S2. The SMILES string of the molecule is Cc1ccccc1S(=O)(=O)C1(C)C=CC(S(=O)(=O)F)=CC1. The van der Waals surface area contributed by atoms with Crippen LogP contribution >= 0.6 is 0 Å². The first-order valence-corrected chi connectivity index (χ1v) is 9.09. The second-order valence-electron chi connectivity index (χ2n) is 5.16. The molecule has 0 radical (unpaired) electrons. The second-order valence-corrected chi connectivity index (χ2v) is 8.89. The summed E-state index contributed by atoms with van der Waals surface area (Å²) in [5, 5.41) is 0. The number of aryl methyl sites for hydroxylation is 1. The van der Waals surface area contributed by atoms with Crippen molar-refractivity contribution in [2.45, 2.75) is 29.9 Å². The highest BCUT2D eigenvalue weighted by molar-refractivity contribution is 7.93. The van der Waals surface area contributed by atoms with Crippen molar-refractivity contribution in [1.82, 2.24) is 0 Å². The van der Waals surface area contributed by atoms with Gasteiger partial charge in [-0.05, 0) is 38.0 Å². The van der Waals surface area contributed by atoms with Crippen molar-refractivity contribution in [2.24, 2.45) is 0 Å². The maximum Gasteiger partial charge on any atom is 0.331 e. The summed E-state index contributed by atoms with van der Waals surface area (Å²) in [5.74, 6) is 0. The Morgan fingerprint density at radius 1 is 1.14 bits per heavy atom. The molecule has 4 nitrogen and oxygen atoms in total. The van der Waals surface area contributed by atoms with Crippen molar-refractivity contribution in [3.8, 4) is 0 Å². The summed E-state index contributed by atoms with van der Waals surface area (Å²) >= 11 is 0. The van der Waals surface area contributed by atoms with Gasteiger partial charge in [-0.15, -0.1) is 3.89 Å². The normalized spacial score (nSPS) is 22.9. The van der Waals surface area contributed by atoms with Gasteiger partial charge in [0.1, 0.15) is 0 Å². The molecule has 21 heavy (non-hydrogen) atoms. The van der Waals surface area contributed by atoms with Crippen LogP contribution in [0.4, 0.5) is 3.89 Å². The molecule has 1 aromatic rings. The molecule has 0 aromatic heterocycles. The van der Waals surface area contributed by atoms with Crippen molar-refractivity contribution in [3.05, 3.63) is 53.0 Å². The summed E-state index contributed by atoms with van der Waals surface area (Å²) in [6, 6.07) is 6.56. The topological polar surface area (TPSA) is 68.3 Å². The highest BCUT2D eigenvalue weighted by atomic mass is 32.3. The molecule has 0 heterocycles. The molecule has 2 rings (SSSR count). The van der Waals surface area contributed by atoms with Gasteiger partial charge in [0.25, 0.3) is 0 Å². The van der Waals surface area contributed by atoms with Crippen LogP contribution in [-0.2, 0) is 20.1 Å². The zero-order valence-corrected chi connectivity index (χ0v) is 13.2. The van der Waals surface area contributed by atoms with E-state index < -0.39 is 29.7 Å². The van der Waals surface area contributed by atoms with Crippen LogP contribution in [0.15, 0.2) is 52.3 Å². The zero-order valence-electron chi connectivity index (χ0n) is 11.6. The van der Waals surface area contributed by atoms with Gasteiger partial charge in [0, 0.05) is 0 Å². The van der Waals surface area contributed by atoms with Gasteiger partial charge < -0.3 is 0 Å². The maximum atomic E-state index is 12.9. The van der Waals surface area contributed by atoms with Crippen LogP contribution in [0.25, 0.3) is 0 Å². The summed E-state index contributed by atoms with van der Waals surface area (Å²) in [5.41, 5.74) is 0.611. The Hall–Kier alpha value is -1.47. The third kappa shape index (κ3) is 2.80. The Morgan fingerprint density at radius 2 is 1.76 bits per heavy atom. The monoisotopic (exact) mass is 330 g/mol. The highest BCUT2D eigenvalue weighted by Crippen LogP contribution is 2.36. The molecule has 1 aliphatic carbocycles. The van der Waals surface area contributed by atoms with Gasteiger partial charge >= 0.3 is 10.2 Å². The lowest BCUT2D eigenvalue weighted by Crippen LogP contribution is -2.34. The molecule has 1 aromatic carbocycles. The van der Waals surface area contributed by atoms with E-state index in [1.807, 2.05) is 0 Å². The number of sulfone groups is 1. The molecule has 0 saturated carbocycles. The molecule has 0 spiro atoms. The van der Waals surface area contributed by atoms with E-state index in [0.29, 0.717) is 5.56 Å². The fourth-order valence-corrected chi connectivity index (χ4v) is 4.50. The van der Waals surface area contributed by atoms with E-state index in [1.165, 1.54) is 19.1 Å². The van der Waals surface area contributed by atoms with E-state index in [4.69, 9.17) is 0 Å². The summed E-state index contributed by atoms with van der Waals surface area (Å²) in [7, 11) is -8.52. The lowest BCUT2D eigenvalue weighted by Gasteiger charge is -2.28. The zero-order chi connectivity index (χ0) is 15.9. The minimum absolute atomic E-state index is 0.0986. The predicted octanol–water partition coefficient (Wildman–Crippen LogP) is 2.67. The molecule has 7 heteroatoms.